The Bertz CT molecular complexity index is 1110. The van der Waals surface area contributed by atoms with Crippen LogP contribution >= 0.6 is 31.9 Å². The maximum atomic E-state index is 11.8. The van der Waals surface area contributed by atoms with Crippen LogP contribution in [0.15, 0.2) is 61.7 Å². The summed E-state index contributed by atoms with van der Waals surface area (Å²) in [6.45, 7) is 0. The summed E-state index contributed by atoms with van der Waals surface area (Å²) in [5.41, 5.74) is -0.598. The molecule has 0 saturated heterocycles. The molecule has 0 spiro atoms. The van der Waals surface area contributed by atoms with Gasteiger partial charge in [-0.1, -0.05) is 0 Å². The zero-order valence-corrected chi connectivity index (χ0v) is 17.2. The summed E-state index contributed by atoms with van der Waals surface area (Å²) >= 11 is 6.29. The van der Waals surface area contributed by atoms with E-state index in [-0.39, 0.29) is 31.7 Å². The average Bonchev–Trinajstić information content (AvgIpc) is 2.99. The van der Waals surface area contributed by atoms with E-state index < -0.39 is 27.3 Å². The van der Waals surface area contributed by atoms with Crippen molar-refractivity contribution in [2.75, 3.05) is 4.90 Å². The zero-order valence-electron chi connectivity index (χ0n) is 14.0. The third kappa shape index (κ3) is 4.09. The van der Waals surface area contributed by atoms with Crippen molar-refractivity contribution in [3.05, 3.63) is 71.7 Å². The number of azo groups is 1. The first-order valence-electron chi connectivity index (χ1n) is 7.59. The van der Waals surface area contributed by atoms with E-state index in [9.17, 15) is 29.8 Å². The minimum atomic E-state index is -0.726. The molecule has 0 aromatic heterocycles. The van der Waals surface area contributed by atoms with Crippen LogP contribution < -0.4 is 4.90 Å². The van der Waals surface area contributed by atoms with E-state index >= 15 is 0 Å². The van der Waals surface area contributed by atoms with Crippen LogP contribution in [0.3, 0.4) is 0 Å². The Morgan fingerprint density at radius 3 is 1.97 bits per heavy atom. The number of non-ortho nitro benzene ring substituents is 1. The number of halogens is 2. The Labute approximate surface area is 178 Å². The van der Waals surface area contributed by atoms with Gasteiger partial charge in [0.2, 0.25) is 0 Å². The first-order chi connectivity index (χ1) is 13.7. The van der Waals surface area contributed by atoms with Gasteiger partial charge in [0.25, 0.3) is 23.2 Å². The first kappa shape index (κ1) is 20.4. The number of imide groups is 1. The maximum Gasteiger partial charge on any atom is 0.298 e. The molecule has 1 aliphatic rings. The topological polar surface area (TPSA) is 148 Å². The summed E-state index contributed by atoms with van der Waals surface area (Å²) < 4.78 is 0.502. The molecule has 0 saturated carbocycles. The summed E-state index contributed by atoms with van der Waals surface area (Å²) in [6, 6.07) is 6.03. The van der Waals surface area contributed by atoms with Crippen molar-refractivity contribution in [3.8, 4) is 0 Å². The van der Waals surface area contributed by atoms with Gasteiger partial charge in [0, 0.05) is 30.4 Å². The van der Waals surface area contributed by atoms with E-state index in [1.165, 1.54) is 24.3 Å². The Balaban J connectivity index is 2.00. The number of nitro benzene ring substituents is 2. The van der Waals surface area contributed by atoms with E-state index in [0.717, 1.165) is 23.1 Å². The standard InChI is InChI=1S/C16H7Br2N5O6/c17-10-5-9(22(26)27)6-11(18)16(10)20-19-12-2-1-8(7-13(12)23(28)29)21-14(24)3-4-15(21)25/h1-7H. The fourth-order valence-electron chi connectivity index (χ4n) is 2.39. The number of nitro groups is 2. The van der Waals surface area contributed by atoms with Gasteiger partial charge in [-0.2, -0.15) is 0 Å². The van der Waals surface area contributed by atoms with Gasteiger partial charge in [-0.25, -0.2) is 4.90 Å². The number of carbonyl (C=O) groups excluding carboxylic acids is 2. The molecule has 0 N–H and O–H groups in total. The lowest BCUT2D eigenvalue weighted by molar-refractivity contribution is -0.385. The molecule has 1 heterocycles. The van der Waals surface area contributed by atoms with Crippen molar-refractivity contribution >= 4 is 72.1 Å². The predicted octanol–water partition coefficient (Wildman–Crippen LogP) is 4.87. The van der Waals surface area contributed by atoms with Crippen LogP contribution in [0.5, 0.6) is 0 Å². The molecule has 146 valence electrons. The van der Waals surface area contributed by atoms with Gasteiger partial charge in [0.05, 0.1) is 24.5 Å². The number of nitrogens with zero attached hydrogens (tertiary/aromatic N) is 5. The molecule has 2 aromatic carbocycles. The van der Waals surface area contributed by atoms with Gasteiger partial charge >= 0.3 is 0 Å². The van der Waals surface area contributed by atoms with Crippen molar-refractivity contribution in [1.29, 1.82) is 0 Å². The van der Waals surface area contributed by atoms with Crippen molar-refractivity contribution in [1.82, 2.24) is 0 Å². The lowest BCUT2D eigenvalue weighted by Gasteiger charge is -2.13. The number of hydrogen-bond donors (Lipinski definition) is 0. The van der Waals surface area contributed by atoms with Gasteiger partial charge in [-0.15, -0.1) is 10.2 Å². The predicted molar refractivity (Wildman–Crippen MR) is 107 cm³/mol. The molecule has 13 heteroatoms. The number of benzene rings is 2. The molecule has 29 heavy (non-hydrogen) atoms. The van der Waals surface area contributed by atoms with E-state index in [1.54, 1.807) is 0 Å². The molecule has 2 aromatic rings. The Morgan fingerprint density at radius 1 is 0.862 bits per heavy atom. The highest BCUT2D eigenvalue weighted by Gasteiger charge is 2.27. The van der Waals surface area contributed by atoms with Crippen LogP contribution in [0, 0.1) is 20.2 Å². The molecule has 0 bridgehead atoms. The smallest absolute Gasteiger partial charge is 0.269 e. The number of rotatable bonds is 5. The summed E-state index contributed by atoms with van der Waals surface area (Å²) in [6.07, 6.45) is 2.12. The second-order valence-corrected chi connectivity index (χ2v) is 7.20. The van der Waals surface area contributed by atoms with Gasteiger partial charge in [0.15, 0.2) is 5.69 Å². The van der Waals surface area contributed by atoms with Crippen LogP contribution in [0.1, 0.15) is 0 Å². The van der Waals surface area contributed by atoms with Crippen molar-refractivity contribution in [3.63, 3.8) is 0 Å². The van der Waals surface area contributed by atoms with Crippen LogP contribution in [-0.2, 0) is 9.59 Å². The Kier molecular flexibility index (Phi) is 5.61. The van der Waals surface area contributed by atoms with Gasteiger partial charge < -0.3 is 0 Å². The first-order valence-corrected chi connectivity index (χ1v) is 9.17. The maximum absolute atomic E-state index is 11.8. The average molecular weight is 525 g/mol. The molecule has 0 aliphatic carbocycles. The number of hydrogen-bond acceptors (Lipinski definition) is 8. The highest BCUT2D eigenvalue weighted by Crippen LogP contribution is 2.40. The lowest BCUT2D eigenvalue weighted by atomic mass is 10.2. The van der Waals surface area contributed by atoms with Gasteiger partial charge in [-0.3, -0.25) is 29.8 Å². The normalized spacial score (nSPS) is 13.5. The zero-order chi connectivity index (χ0) is 21.3. The molecule has 0 fully saturated rings. The summed E-state index contributed by atoms with van der Waals surface area (Å²) in [5, 5.41) is 30.1. The number of anilines is 1. The van der Waals surface area contributed by atoms with Gasteiger partial charge in [-0.05, 0) is 44.0 Å². The molecule has 1 aliphatic heterocycles. The number of amides is 2. The fourth-order valence-corrected chi connectivity index (χ4v) is 3.71. The van der Waals surface area contributed by atoms with Gasteiger partial charge in [0.1, 0.15) is 5.69 Å². The molecular formula is C16H7Br2N5O6. The van der Waals surface area contributed by atoms with E-state index in [4.69, 9.17) is 0 Å². The molecule has 11 nitrogen and oxygen atoms in total. The summed E-state index contributed by atoms with van der Waals surface area (Å²) in [5.74, 6) is -1.23. The Morgan fingerprint density at radius 2 is 1.45 bits per heavy atom. The van der Waals surface area contributed by atoms with Crippen LogP contribution in [-0.4, -0.2) is 21.7 Å². The highest BCUT2D eigenvalue weighted by molar-refractivity contribution is 9.11. The van der Waals surface area contributed by atoms with Crippen molar-refractivity contribution in [2.45, 2.75) is 0 Å². The number of carbonyl (C=O) groups is 2. The molecular weight excluding hydrogens is 518 g/mol. The fraction of sp³-hybridized carbons (Fsp3) is 0. The van der Waals surface area contributed by atoms with Crippen molar-refractivity contribution < 1.29 is 19.4 Å². The molecule has 2 amide bonds. The SMILES string of the molecule is O=C1C=CC(=O)N1c1ccc(N=Nc2c(Br)cc([N+](=O)[O-])cc2Br)c([N+](=O)[O-])c1. The lowest BCUT2D eigenvalue weighted by Crippen LogP contribution is -2.29. The van der Waals surface area contributed by atoms with Crippen LogP contribution in [0.25, 0.3) is 0 Å². The molecule has 0 unspecified atom stereocenters. The van der Waals surface area contributed by atoms with E-state index in [1.807, 2.05) is 0 Å². The molecule has 0 radical (unpaired) electrons. The minimum Gasteiger partial charge on any atom is -0.269 e. The third-order valence-electron chi connectivity index (χ3n) is 3.69. The third-order valence-corrected chi connectivity index (χ3v) is 4.90. The molecule has 0 atom stereocenters. The highest BCUT2D eigenvalue weighted by atomic mass is 79.9. The molecule has 3 rings (SSSR count). The van der Waals surface area contributed by atoms with Crippen molar-refractivity contribution in [2.24, 2.45) is 10.2 Å². The quantitative estimate of drug-likeness (QED) is 0.235. The summed E-state index contributed by atoms with van der Waals surface area (Å²) in [7, 11) is 0. The summed E-state index contributed by atoms with van der Waals surface area (Å²) in [4.78, 5) is 45.3. The minimum absolute atomic E-state index is 0.0216. The second kappa shape index (κ2) is 7.97. The van der Waals surface area contributed by atoms with Crippen LogP contribution in [0.2, 0.25) is 0 Å². The second-order valence-electron chi connectivity index (χ2n) is 5.49. The van der Waals surface area contributed by atoms with Crippen LogP contribution in [0.4, 0.5) is 28.4 Å². The monoisotopic (exact) mass is 523 g/mol. The Hall–Kier alpha value is -3.32. The largest absolute Gasteiger partial charge is 0.298 e. The van der Waals surface area contributed by atoms with E-state index in [0.29, 0.717) is 0 Å². The van der Waals surface area contributed by atoms with E-state index in [2.05, 4.69) is 42.1 Å².